The second-order valence-electron chi connectivity index (χ2n) is 7.84. The Balaban J connectivity index is 1.48. The highest BCUT2D eigenvalue weighted by atomic mass is 16.2. The van der Waals surface area contributed by atoms with Gasteiger partial charge < -0.3 is 9.80 Å². The van der Waals surface area contributed by atoms with Crippen molar-refractivity contribution in [1.29, 1.82) is 0 Å². The van der Waals surface area contributed by atoms with E-state index in [9.17, 15) is 9.59 Å². The predicted molar refractivity (Wildman–Crippen MR) is 101 cm³/mol. The van der Waals surface area contributed by atoms with Gasteiger partial charge in [0.25, 0.3) is 5.91 Å². The molecule has 2 aromatic heterocycles. The number of nitrogens with zero attached hydrogens (tertiary/aromatic N) is 6. The molecule has 146 valence electrons. The Bertz CT molecular complexity index is 857. The summed E-state index contributed by atoms with van der Waals surface area (Å²) in [5.74, 6) is 0.0606. The third-order valence-corrected chi connectivity index (χ3v) is 5.68. The molecule has 8 heteroatoms. The lowest BCUT2D eigenvalue weighted by atomic mass is 9.73. The minimum absolute atomic E-state index is 0.0673. The zero-order valence-corrected chi connectivity index (χ0v) is 16.0. The fourth-order valence-electron chi connectivity index (χ4n) is 4.23. The van der Waals surface area contributed by atoms with Gasteiger partial charge in [0.15, 0.2) is 5.69 Å². The van der Waals surface area contributed by atoms with Gasteiger partial charge in [-0.15, -0.1) is 5.10 Å². The molecular weight excluding hydrogens is 356 g/mol. The van der Waals surface area contributed by atoms with Gasteiger partial charge >= 0.3 is 0 Å². The Morgan fingerprint density at radius 1 is 1.21 bits per heavy atom. The molecule has 4 heterocycles. The Kier molecular flexibility index (Phi) is 5.02. The fraction of sp³-hybridized carbons (Fsp3) is 0.500. The predicted octanol–water partition coefficient (Wildman–Crippen LogP) is 1.62. The average molecular weight is 380 g/mol. The summed E-state index contributed by atoms with van der Waals surface area (Å²) in [6.07, 6.45) is 8.28. The van der Waals surface area contributed by atoms with E-state index >= 15 is 0 Å². The Hall–Kier alpha value is -2.90. The van der Waals surface area contributed by atoms with Crippen LogP contribution in [0.1, 0.15) is 47.6 Å². The number of piperidine rings is 2. The van der Waals surface area contributed by atoms with Gasteiger partial charge in [-0.1, -0.05) is 0 Å². The highest BCUT2D eigenvalue weighted by Crippen LogP contribution is 2.39. The number of aromatic nitrogens is 4. The Labute approximate surface area is 164 Å². The van der Waals surface area contributed by atoms with Crippen molar-refractivity contribution in [2.75, 3.05) is 19.6 Å². The number of rotatable bonds is 3. The summed E-state index contributed by atoms with van der Waals surface area (Å²) in [6.45, 7) is 4.36. The van der Waals surface area contributed by atoms with Crippen LogP contribution < -0.4 is 0 Å². The van der Waals surface area contributed by atoms with Gasteiger partial charge in [0.05, 0.1) is 24.1 Å². The number of carbonyl (C=O) groups excluding carboxylic acids is 2. The van der Waals surface area contributed by atoms with Crippen LogP contribution in [-0.2, 0) is 11.3 Å². The van der Waals surface area contributed by atoms with Crippen LogP contribution in [-0.4, -0.2) is 61.4 Å². The summed E-state index contributed by atoms with van der Waals surface area (Å²) >= 11 is 0. The number of hydrogen-bond acceptors (Lipinski definition) is 6. The Morgan fingerprint density at radius 2 is 2.11 bits per heavy atom. The maximum atomic E-state index is 12.8. The van der Waals surface area contributed by atoms with E-state index in [1.165, 1.54) is 0 Å². The number of hydrogen-bond donors (Lipinski definition) is 0. The average Bonchev–Trinajstić information content (AvgIpc) is 2.73. The van der Waals surface area contributed by atoms with Gasteiger partial charge in [-0.2, -0.15) is 5.10 Å². The van der Waals surface area contributed by atoms with E-state index in [2.05, 4.69) is 20.2 Å². The summed E-state index contributed by atoms with van der Waals surface area (Å²) in [5.41, 5.74) is 1.95. The molecule has 2 saturated heterocycles. The number of carbonyl (C=O) groups is 2. The van der Waals surface area contributed by atoms with Crippen molar-refractivity contribution in [3.8, 4) is 0 Å². The maximum Gasteiger partial charge on any atom is 0.274 e. The SMILES string of the molecule is Cc1cnc(CN2C[C@]3(CCCN(C(=O)c4cccnn4)C3)CCC2=O)cn1. The van der Waals surface area contributed by atoms with Crippen molar-refractivity contribution < 1.29 is 9.59 Å². The van der Waals surface area contributed by atoms with Gasteiger partial charge in [0, 0.05) is 43.9 Å². The molecule has 28 heavy (non-hydrogen) atoms. The van der Waals surface area contributed by atoms with Crippen molar-refractivity contribution in [2.45, 2.75) is 39.2 Å². The molecule has 8 nitrogen and oxygen atoms in total. The van der Waals surface area contributed by atoms with Crippen LogP contribution in [0, 0.1) is 12.3 Å². The van der Waals surface area contributed by atoms with Gasteiger partial charge in [0.2, 0.25) is 5.91 Å². The van der Waals surface area contributed by atoms with Gasteiger partial charge in [-0.25, -0.2) is 0 Å². The zero-order valence-electron chi connectivity index (χ0n) is 16.0. The highest BCUT2D eigenvalue weighted by Gasteiger charge is 2.43. The van der Waals surface area contributed by atoms with Crippen LogP contribution >= 0.6 is 0 Å². The summed E-state index contributed by atoms with van der Waals surface area (Å²) in [4.78, 5) is 37.7. The summed E-state index contributed by atoms with van der Waals surface area (Å²) < 4.78 is 0. The lowest BCUT2D eigenvalue weighted by molar-refractivity contribution is -0.139. The zero-order chi connectivity index (χ0) is 19.6. The second-order valence-corrected chi connectivity index (χ2v) is 7.84. The van der Waals surface area contributed by atoms with E-state index in [4.69, 9.17) is 0 Å². The molecule has 2 amide bonds. The first-order valence-electron chi connectivity index (χ1n) is 9.67. The number of amides is 2. The molecule has 2 aliphatic rings. The van der Waals surface area contributed by atoms with E-state index in [-0.39, 0.29) is 17.2 Å². The van der Waals surface area contributed by atoms with E-state index < -0.39 is 0 Å². The molecular formula is C20H24N6O2. The van der Waals surface area contributed by atoms with E-state index in [0.717, 1.165) is 30.7 Å². The third-order valence-electron chi connectivity index (χ3n) is 5.68. The van der Waals surface area contributed by atoms with Crippen LogP contribution in [0.25, 0.3) is 0 Å². The summed E-state index contributed by atoms with van der Waals surface area (Å²) in [6, 6.07) is 3.42. The normalized spacial score (nSPS) is 22.5. The van der Waals surface area contributed by atoms with Crippen LogP contribution in [0.2, 0.25) is 0 Å². The van der Waals surface area contributed by atoms with Crippen LogP contribution in [0.15, 0.2) is 30.7 Å². The van der Waals surface area contributed by atoms with E-state index in [1.54, 1.807) is 30.7 Å². The fourth-order valence-corrected chi connectivity index (χ4v) is 4.23. The topological polar surface area (TPSA) is 92.2 Å². The molecule has 2 fully saturated rings. The molecule has 0 radical (unpaired) electrons. The number of likely N-dealkylation sites (tertiary alicyclic amines) is 2. The first-order valence-corrected chi connectivity index (χ1v) is 9.67. The Morgan fingerprint density at radius 3 is 2.86 bits per heavy atom. The molecule has 0 N–H and O–H groups in total. The van der Waals surface area contributed by atoms with Crippen LogP contribution in [0.5, 0.6) is 0 Å². The lowest BCUT2D eigenvalue weighted by Crippen LogP contribution is -2.55. The molecule has 0 aromatic carbocycles. The monoisotopic (exact) mass is 380 g/mol. The number of aryl methyl sites for hydroxylation is 1. The molecule has 1 spiro atoms. The van der Waals surface area contributed by atoms with Crippen molar-refractivity contribution in [2.24, 2.45) is 5.41 Å². The largest absolute Gasteiger partial charge is 0.337 e. The quantitative estimate of drug-likeness (QED) is 0.803. The molecule has 2 aromatic rings. The van der Waals surface area contributed by atoms with E-state index in [0.29, 0.717) is 38.3 Å². The molecule has 1 atom stereocenters. The maximum absolute atomic E-state index is 12.8. The van der Waals surface area contributed by atoms with Gasteiger partial charge in [0.1, 0.15) is 0 Å². The summed E-state index contributed by atoms with van der Waals surface area (Å²) in [5, 5.41) is 7.77. The first-order chi connectivity index (χ1) is 13.5. The molecule has 2 aliphatic heterocycles. The van der Waals surface area contributed by atoms with Crippen LogP contribution in [0.4, 0.5) is 0 Å². The smallest absolute Gasteiger partial charge is 0.274 e. The molecule has 0 saturated carbocycles. The van der Waals surface area contributed by atoms with Gasteiger partial charge in [-0.3, -0.25) is 19.6 Å². The second kappa shape index (κ2) is 7.61. The molecule has 4 rings (SSSR count). The van der Waals surface area contributed by atoms with E-state index in [1.807, 2.05) is 16.7 Å². The van der Waals surface area contributed by atoms with Crippen LogP contribution in [0.3, 0.4) is 0 Å². The first kappa shape index (κ1) is 18.5. The third kappa shape index (κ3) is 3.85. The van der Waals surface area contributed by atoms with Crippen molar-refractivity contribution in [3.05, 3.63) is 47.8 Å². The van der Waals surface area contributed by atoms with Crippen molar-refractivity contribution >= 4 is 11.8 Å². The minimum Gasteiger partial charge on any atom is -0.337 e. The highest BCUT2D eigenvalue weighted by molar-refractivity contribution is 5.92. The summed E-state index contributed by atoms with van der Waals surface area (Å²) in [7, 11) is 0. The lowest BCUT2D eigenvalue weighted by Gasteiger charge is -2.48. The minimum atomic E-state index is -0.0833. The van der Waals surface area contributed by atoms with Crippen molar-refractivity contribution in [3.63, 3.8) is 0 Å². The molecule has 0 aliphatic carbocycles. The standard InChI is InChI=1S/C20H24N6O2/c1-15-10-22-16(11-21-15)12-26-14-20(7-5-18(26)27)6-3-9-25(13-20)19(28)17-4-2-8-23-24-17/h2,4,8,10-11H,3,5-7,9,12-14H2,1H3/t20-/m1/s1. The molecule has 0 bridgehead atoms. The van der Waals surface area contributed by atoms with Gasteiger partial charge in [-0.05, 0) is 38.3 Å². The van der Waals surface area contributed by atoms with Crippen molar-refractivity contribution in [1.82, 2.24) is 30.0 Å². The molecule has 0 unspecified atom stereocenters.